The number of anilines is 3. The van der Waals surface area contributed by atoms with Gasteiger partial charge < -0.3 is 11.1 Å². The minimum Gasteiger partial charge on any atom is -0.383 e. The van der Waals surface area contributed by atoms with Crippen molar-refractivity contribution in [3.8, 4) is 0 Å². The molecule has 6 rings (SSSR count). The van der Waals surface area contributed by atoms with Crippen LogP contribution in [-0.2, 0) is 10.0 Å². The van der Waals surface area contributed by atoms with Gasteiger partial charge in [-0.2, -0.15) is 9.40 Å². The number of aryl methyl sites for hydroxylation is 1. The number of nitrogens with one attached hydrogen (secondary N) is 2. The fourth-order valence-corrected chi connectivity index (χ4v) is 7.57. The molecule has 0 amide bonds. The first-order chi connectivity index (χ1) is 17.8. The Balaban J connectivity index is 1.29. The highest BCUT2D eigenvalue weighted by atomic mass is 32.2. The molecule has 0 aliphatic carbocycles. The number of halogens is 1. The average Bonchev–Trinajstić information content (AvgIpc) is 3.27. The molecule has 0 spiro atoms. The van der Waals surface area contributed by atoms with Gasteiger partial charge in [0.1, 0.15) is 22.3 Å². The Labute approximate surface area is 213 Å². The summed E-state index contributed by atoms with van der Waals surface area (Å²) in [5.41, 5.74) is 8.76. The van der Waals surface area contributed by atoms with Gasteiger partial charge in [-0.3, -0.25) is 15.1 Å². The van der Waals surface area contributed by atoms with Gasteiger partial charge >= 0.3 is 0 Å². The topological polar surface area (TPSA) is 143 Å². The minimum absolute atomic E-state index is 0.0940. The van der Waals surface area contributed by atoms with Gasteiger partial charge in [0, 0.05) is 53.1 Å². The van der Waals surface area contributed by atoms with Crippen LogP contribution < -0.4 is 11.1 Å². The Hall–Kier alpha value is -3.64. The van der Waals surface area contributed by atoms with Crippen molar-refractivity contribution >= 4 is 38.4 Å². The lowest BCUT2D eigenvalue weighted by Crippen LogP contribution is -2.54. The lowest BCUT2D eigenvalue weighted by molar-refractivity contribution is 0.108. The monoisotopic (exact) mass is 522 g/mol. The number of nitrogens with two attached hydrogens (primary N) is 1. The summed E-state index contributed by atoms with van der Waals surface area (Å²) in [6.07, 6.45) is 6.01. The number of hydrogen-bond donors (Lipinski definition) is 3. The molecule has 6 heterocycles. The van der Waals surface area contributed by atoms with Crippen molar-refractivity contribution in [2.45, 2.75) is 61.9 Å². The van der Waals surface area contributed by atoms with E-state index in [9.17, 15) is 12.8 Å². The molecule has 2 fully saturated rings. The van der Waals surface area contributed by atoms with Gasteiger partial charge in [0.05, 0.1) is 11.7 Å². The van der Waals surface area contributed by atoms with Crippen molar-refractivity contribution in [2.75, 3.05) is 11.1 Å². The van der Waals surface area contributed by atoms with E-state index in [2.05, 4.69) is 25.5 Å². The van der Waals surface area contributed by atoms with Crippen LogP contribution in [0.3, 0.4) is 0 Å². The molecule has 10 nitrogen and oxygen atoms in total. The van der Waals surface area contributed by atoms with Crippen LogP contribution in [0.2, 0.25) is 0 Å². The Morgan fingerprint density at radius 1 is 1.08 bits per heavy atom. The largest absolute Gasteiger partial charge is 0.383 e. The molecule has 2 bridgehead atoms. The van der Waals surface area contributed by atoms with Crippen LogP contribution in [0.15, 0.2) is 47.6 Å². The molecule has 0 radical (unpaired) electrons. The number of H-pyrrole nitrogens is 1. The summed E-state index contributed by atoms with van der Waals surface area (Å²) in [5.74, 6) is 0.980. The van der Waals surface area contributed by atoms with Gasteiger partial charge in [-0.25, -0.2) is 17.8 Å². The number of fused-ring (bicyclic) bond motifs is 3. The van der Waals surface area contributed by atoms with Crippen LogP contribution in [0.1, 0.15) is 49.4 Å². The number of pyridine rings is 3. The molecule has 4 N–H and O–H groups in total. The Bertz CT molecular complexity index is 1580. The third-order valence-electron chi connectivity index (χ3n) is 7.28. The van der Waals surface area contributed by atoms with Gasteiger partial charge in [0.2, 0.25) is 10.0 Å². The molecule has 1 unspecified atom stereocenters. The zero-order valence-corrected chi connectivity index (χ0v) is 21.0. The zero-order chi connectivity index (χ0) is 25.7. The number of rotatable bonds is 5. The van der Waals surface area contributed by atoms with Crippen molar-refractivity contribution in [2.24, 2.45) is 0 Å². The summed E-state index contributed by atoms with van der Waals surface area (Å²) in [6.45, 7) is 1.91. The molecular weight excluding hydrogens is 495 g/mol. The van der Waals surface area contributed by atoms with E-state index in [1.807, 2.05) is 31.2 Å². The highest BCUT2D eigenvalue weighted by Gasteiger charge is 2.45. The summed E-state index contributed by atoms with van der Waals surface area (Å²) >= 11 is 0. The third-order valence-corrected chi connectivity index (χ3v) is 9.25. The highest BCUT2D eigenvalue weighted by molar-refractivity contribution is 7.89. The molecule has 3 atom stereocenters. The van der Waals surface area contributed by atoms with Gasteiger partial charge in [0.15, 0.2) is 5.82 Å². The molecule has 37 heavy (non-hydrogen) atoms. The predicted octanol–water partition coefficient (Wildman–Crippen LogP) is 4.01. The van der Waals surface area contributed by atoms with Crippen LogP contribution in [0, 0.1) is 12.7 Å². The van der Waals surface area contributed by atoms with Gasteiger partial charge in [0.25, 0.3) is 0 Å². The van der Waals surface area contributed by atoms with E-state index in [1.54, 1.807) is 4.31 Å². The number of nitrogen functional groups attached to an aromatic ring is 1. The average molecular weight is 523 g/mol. The number of hydrogen-bond acceptors (Lipinski definition) is 8. The third kappa shape index (κ3) is 4.40. The second kappa shape index (κ2) is 9.03. The molecular formula is C25H27FN8O2S. The summed E-state index contributed by atoms with van der Waals surface area (Å²) < 4.78 is 42.3. The molecule has 0 aromatic carbocycles. The van der Waals surface area contributed by atoms with Crippen molar-refractivity contribution in [1.29, 1.82) is 0 Å². The number of nitrogens with zero attached hydrogens (tertiary/aromatic N) is 5. The van der Waals surface area contributed by atoms with Crippen LogP contribution in [0.4, 0.5) is 21.8 Å². The van der Waals surface area contributed by atoms with E-state index in [-0.39, 0.29) is 22.9 Å². The summed E-state index contributed by atoms with van der Waals surface area (Å²) in [4.78, 5) is 13.0. The maximum Gasteiger partial charge on any atom is 0.245 e. The summed E-state index contributed by atoms with van der Waals surface area (Å²) in [6, 6.07) is 8.30. The molecule has 2 aliphatic rings. The maximum atomic E-state index is 13.8. The maximum absolute atomic E-state index is 13.8. The SMILES string of the molecule is Cc1cc(Nc2cc3nc(C4C[C@H]5CCC[C@@H](C4)N5S(=O)(=O)c4cncc(F)c4)ccc3c(N)n2)n[nH]1. The molecule has 4 aromatic heterocycles. The Kier molecular flexibility index (Phi) is 5.80. The minimum atomic E-state index is -3.85. The number of sulfonamides is 1. The molecule has 2 aliphatic heterocycles. The van der Waals surface area contributed by atoms with Crippen molar-refractivity contribution < 1.29 is 12.8 Å². The molecule has 4 aromatic rings. The Morgan fingerprint density at radius 2 is 1.86 bits per heavy atom. The van der Waals surface area contributed by atoms with Gasteiger partial charge in [-0.1, -0.05) is 6.42 Å². The first-order valence-corrected chi connectivity index (χ1v) is 13.7. The van der Waals surface area contributed by atoms with Gasteiger partial charge in [-0.05, 0) is 50.8 Å². The van der Waals surface area contributed by atoms with E-state index in [0.717, 1.165) is 48.3 Å². The van der Waals surface area contributed by atoms with Crippen molar-refractivity contribution in [1.82, 2.24) is 29.5 Å². The van der Waals surface area contributed by atoms with Crippen molar-refractivity contribution in [3.05, 3.63) is 59.9 Å². The normalized spacial score (nSPS) is 22.3. The van der Waals surface area contributed by atoms with Crippen LogP contribution >= 0.6 is 0 Å². The van der Waals surface area contributed by atoms with E-state index >= 15 is 0 Å². The van der Waals surface area contributed by atoms with Crippen LogP contribution in [0.5, 0.6) is 0 Å². The smallest absolute Gasteiger partial charge is 0.245 e. The Morgan fingerprint density at radius 3 is 2.57 bits per heavy atom. The summed E-state index contributed by atoms with van der Waals surface area (Å²) in [5, 5.41) is 11.0. The van der Waals surface area contributed by atoms with E-state index < -0.39 is 15.8 Å². The van der Waals surface area contributed by atoms with E-state index in [0.29, 0.717) is 35.8 Å². The summed E-state index contributed by atoms with van der Waals surface area (Å²) in [7, 11) is -3.85. The molecule has 0 saturated carbocycles. The number of aromatic nitrogens is 5. The molecule has 12 heteroatoms. The fourth-order valence-electron chi connectivity index (χ4n) is 5.70. The first kappa shape index (κ1) is 23.7. The molecule has 192 valence electrons. The lowest BCUT2D eigenvalue weighted by atomic mass is 9.78. The van der Waals surface area contributed by atoms with Crippen LogP contribution in [0.25, 0.3) is 10.9 Å². The predicted molar refractivity (Wildman–Crippen MR) is 137 cm³/mol. The molecule has 2 saturated heterocycles. The number of piperidine rings is 2. The lowest BCUT2D eigenvalue weighted by Gasteiger charge is -2.47. The second-order valence-corrected chi connectivity index (χ2v) is 11.7. The standard InChI is InChI=1S/C25H27FN8O2S/c1-14-7-24(33-32-14)30-23-11-22-20(25(27)31-23)5-6-21(29-22)15-8-17-3-2-4-18(9-15)34(17)37(35,36)19-10-16(26)12-28-13-19/h5-7,10-13,15,17-18H,2-4,8-9H2,1H3,(H4,27,30,31,32,33)/t15?,17-,18+. The van der Waals surface area contributed by atoms with Crippen molar-refractivity contribution in [3.63, 3.8) is 0 Å². The second-order valence-electron chi connectivity index (χ2n) is 9.84. The van der Waals surface area contributed by atoms with Crippen LogP contribution in [-0.4, -0.2) is 50.0 Å². The first-order valence-electron chi connectivity index (χ1n) is 12.3. The highest BCUT2D eigenvalue weighted by Crippen LogP contribution is 2.44. The van der Waals surface area contributed by atoms with E-state index in [4.69, 9.17) is 10.7 Å². The van der Waals surface area contributed by atoms with Gasteiger partial charge in [-0.15, -0.1) is 0 Å². The number of aromatic amines is 1. The van der Waals surface area contributed by atoms with E-state index in [1.165, 1.54) is 6.20 Å². The fraction of sp³-hybridized carbons (Fsp3) is 0.360. The zero-order valence-electron chi connectivity index (χ0n) is 20.2. The quantitative estimate of drug-likeness (QED) is 0.357.